The number of hydrogen-bond acceptors (Lipinski definition) is 7. The van der Waals surface area contributed by atoms with Gasteiger partial charge in [-0.15, -0.1) is 0 Å². The van der Waals surface area contributed by atoms with Gasteiger partial charge in [-0.1, -0.05) is 97.0 Å². The van der Waals surface area contributed by atoms with Crippen LogP contribution >= 0.6 is 0 Å². The fourth-order valence-electron chi connectivity index (χ4n) is 5.42. The van der Waals surface area contributed by atoms with Crippen LogP contribution in [0.5, 0.6) is 0 Å². The third-order valence-corrected chi connectivity index (χ3v) is 9.75. The molecule has 0 aliphatic heterocycles. The summed E-state index contributed by atoms with van der Waals surface area (Å²) in [6, 6.07) is 11.3. The van der Waals surface area contributed by atoms with Crippen molar-refractivity contribution in [1.29, 1.82) is 0 Å². The quantitative estimate of drug-likeness (QED) is 0.222. The van der Waals surface area contributed by atoms with Gasteiger partial charge >= 0.3 is 12.1 Å². The van der Waals surface area contributed by atoms with Crippen molar-refractivity contribution in [2.24, 2.45) is 11.3 Å². The van der Waals surface area contributed by atoms with Crippen LogP contribution in [0.4, 0.5) is 18.9 Å². The Morgan fingerprint density at radius 3 is 1.90 bits per heavy atom. The zero-order valence-electron chi connectivity index (χ0n) is 30.0. The molecule has 0 saturated heterocycles. The minimum absolute atomic E-state index is 0.111. The number of nitrogens with one attached hydrogen (secondary N) is 4. The number of para-hydroxylation sites is 1. The lowest BCUT2D eigenvalue weighted by atomic mass is 9.76. The van der Waals surface area contributed by atoms with Crippen LogP contribution in [0.25, 0.3) is 0 Å². The zero-order chi connectivity index (χ0) is 38.4. The van der Waals surface area contributed by atoms with E-state index < -0.39 is 79.4 Å². The Labute approximate surface area is 292 Å². The summed E-state index contributed by atoms with van der Waals surface area (Å²) < 4.78 is 66.5. The number of alkyl halides is 3. The van der Waals surface area contributed by atoms with Crippen molar-refractivity contribution in [3.63, 3.8) is 0 Å². The molecule has 0 unspecified atom stereocenters. The van der Waals surface area contributed by atoms with Crippen LogP contribution in [-0.2, 0) is 34.6 Å². The monoisotopic (exact) mass is 723 g/mol. The van der Waals surface area contributed by atoms with Crippen molar-refractivity contribution < 1.29 is 40.8 Å². The fourth-order valence-corrected chi connectivity index (χ4v) is 6.60. The summed E-state index contributed by atoms with van der Waals surface area (Å²) in [5, 5.41) is 7.53. The molecule has 2 aromatic rings. The first-order chi connectivity index (χ1) is 22.9. The third kappa shape index (κ3) is 10.4. The molecular weight excluding hydrogens is 675 g/mol. The van der Waals surface area contributed by atoms with Crippen LogP contribution in [0.3, 0.4) is 0 Å². The molecule has 2 aromatic carbocycles. The Morgan fingerprint density at radius 2 is 1.40 bits per heavy atom. The number of carbonyl (C=O) groups excluding carboxylic acids is 4. The highest BCUT2D eigenvalue weighted by Gasteiger charge is 2.42. The van der Waals surface area contributed by atoms with E-state index in [0.29, 0.717) is 0 Å². The van der Waals surface area contributed by atoms with Gasteiger partial charge in [0.2, 0.25) is 11.8 Å². The van der Waals surface area contributed by atoms with Crippen LogP contribution in [-0.4, -0.2) is 75.3 Å². The van der Waals surface area contributed by atoms with E-state index in [0.717, 1.165) is 17.7 Å². The molecule has 11 nitrogen and oxygen atoms in total. The Balaban J connectivity index is 2.36. The van der Waals surface area contributed by atoms with E-state index in [1.807, 2.05) is 48.9 Å². The average molecular weight is 724 g/mol. The van der Waals surface area contributed by atoms with Crippen molar-refractivity contribution in [2.45, 2.75) is 90.0 Å². The number of rotatable bonds is 13. The normalized spacial score (nSPS) is 14.7. The summed E-state index contributed by atoms with van der Waals surface area (Å²) in [6.45, 7) is 14.2. The Hall–Kier alpha value is -4.24. The maximum Gasteiger partial charge on any atom is 0.471 e. The highest BCUT2D eigenvalue weighted by Crippen LogP contribution is 2.29. The van der Waals surface area contributed by atoms with Gasteiger partial charge in [-0.25, -0.2) is 13.1 Å². The van der Waals surface area contributed by atoms with E-state index in [4.69, 9.17) is 0 Å². The number of carbonyl (C=O) groups is 4. The lowest BCUT2D eigenvalue weighted by Gasteiger charge is -2.40. The highest BCUT2D eigenvalue weighted by atomic mass is 32.2. The van der Waals surface area contributed by atoms with Gasteiger partial charge in [0.05, 0.1) is 17.8 Å². The number of likely N-dealkylation sites (N-methyl/N-ethyl adjacent to an activating group) is 2. The molecule has 0 aliphatic carbocycles. The maximum absolute atomic E-state index is 14.1. The minimum atomic E-state index is -5.28. The molecular formula is C35H48F3N5O6S. The lowest BCUT2D eigenvalue weighted by molar-refractivity contribution is -0.167. The van der Waals surface area contributed by atoms with Crippen LogP contribution in [0.1, 0.15) is 61.0 Å². The molecule has 0 heterocycles. The van der Waals surface area contributed by atoms with Gasteiger partial charge in [-0.2, -0.15) is 13.2 Å². The second-order valence-corrected chi connectivity index (χ2v) is 15.7. The highest BCUT2D eigenvalue weighted by molar-refractivity contribution is 7.90. The SMILES string of the molecule is CN[C@H](C(=O)N[C@H](C(=O)N(C)[C@H](C=C(C)C(=O)NS(=O)(=O)c1ccccc1NC(=O)C(F)(F)F)C(C)C)C(C)(C)C)C(C)(C)c1ccccc1. The maximum atomic E-state index is 14.1. The molecule has 0 bridgehead atoms. The molecule has 276 valence electrons. The molecule has 50 heavy (non-hydrogen) atoms. The van der Waals surface area contributed by atoms with Crippen molar-refractivity contribution in [3.05, 3.63) is 71.8 Å². The molecule has 0 aromatic heterocycles. The summed E-state index contributed by atoms with van der Waals surface area (Å²) in [5.41, 5.74) is -1.28. The lowest BCUT2D eigenvalue weighted by Crippen LogP contribution is -2.61. The van der Waals surface area contributed by atoms with Crippen LogP contribution in [0.15, 0.2) is 71.1 Å². The summed E-state index contributed by atoms with van der Waals surface area (Å²) in [6.07, 6.45) is -3.88. The first-order valence-electron chi connectivity index (χ1n) is 15.9. The average Bonchev–Trinajstić information content (AvgIpc) is 3.01. The second-order valence-electron chi connectivity index (χ2n) is 14.0. The smallest absolute Gasteiger partial charge is 0.342 e. The third-order valence-electron chi connectivity index (χ3n) is 8.36. The molecule has 0 saturated carbocycles. The number of halogens is 3. The number of anilines is 1. The van der Waals surface area contributed by atoms with Gasteiger partial charge in [0.25, 0.3) is 15.9 Å². The molecule has 4 amide bonds. The molecule has 0 aliphatic rings. The Morgan fingerprint density at radius 1 is 0.860 bits per heavy atom. The number of hydrogen-bond donors (Lipinski definition) is 4. The summed E-state index contributed by atoms with van der Waals surface area (Å²) >= 11 is 0. The van der Waals surface area contributed by atoms with Crippen LogP contribution < -0.4 is 20.7 Å². The summed E-state index contributed by atoms with van der Waals surface area (Å²) in [5.74, 6) is -4.63. The van der Waals surface area contributed by atoms with Gasteiger partial charge in [-0.05, 0) is 43.0 Å². The number of benzene rings is 2. The standard InChI is InChI=1S/C35H48F3N5O6S/c1-21(2)25(20-22(3)29(44)42-50(48,49)26-19-15-14-18-24(26)40-32(47)35(36,37)38)43(10)31(46)28(33(4,5)6)41-30(45)27(39-9)34(7,8)23-16-12-11-13-17-23/h11-21,25,27-28,39H,1-10H3,(H,40,47)(H,41,45)(H,42,44)/t25-,27-,28-/m1/s1. The van der Waals surface area contributed by atoms with E-state index >= 15 is 0 Å². The Bertz CT molecular complexity index is 1690. The molecule has 3 atom stereocenters. The first kappa shape index (κ1) is 41.9. The minimum Gasteiger partial charge on any atom is -0.342 e. The number of nitrogens with zero attached hydrogens (tertiary/aromatic N) is 1. The second kappa shape index (κ2) is 16.2. The van der Waals surface area contributed by atoms with E-state index in [-0.39, 0.29) is 11.5 Å². The van der Waals surface area contributed by atoms with Crippen molar-refractivity contribution in [1.82, 2.24) is 20.3 Å². The predicted octanol–water partition coefficient (Wildman–Crippen LogP) is 4.52. The van der Waals surface area contributed by atoms with E-state index in [1.54, 1.807) is 41.7 Å². The van der Waals surface area contributed by atoms with Gasteiger partial charge < -0.3 is 20.9 Å². The van der Waals surface area contributed by atoms with Crippen LogP contribution in [0.2, 0.25) is 0 Å². The first-order valence-corrected chi connectivity index (χ1v) is 17.4. The van der Waals surface area contributed by atoms with Gasteiger partial charge in [0.1, 0.15) is 10.9 Å². The zero-order valence-corrected chi connectivity index (χ0v) is 30.8. The van der Waals surface area contributed by atoms with Crippen molar-refractivity contribution >= 4 is 39.3 Å². The van der Waals surface area contributed by atoms with Gasteiger partial charge in [0, 0.05) is 18.0 Å². The topological polar surface area (TPSA) is 154 Å². The van der Waals surface area contributed by atoms with Crippen molar-refractivity contribution in [3.8, 4) is 0 Å². The van der Waals surface area contributed by atoms with E-state index in [1.165, 1.54) is 42.4 Å². The fraction of sp³-hybridized carbons (Fsp3) is 0.486. The summed E-state index contributed by atoms with van der Waals surface area (Å²) in [4.78, 5) is 53.1. The molecule has 0 fully saturated rings. The van der Waals surface area contributed by atoms with Gasteiger partial charge in [0.15, 0.2) is 0 Å². The van der Waals surface area contributed by atoms with E-state index in [9.17, 15) is 40.8 Å². The predicted molar refractivity (Wildman–Crippen MR) is 185 cm³/mol. The number of amides is 4. The summed E-state index contributed by atoms with van der Waals surface area (Å²) in [7, 11) is -1.58. The van der Waals surface area contributed by atoms with Gasteiger partial charge in [-0.3, -0.25) is 19.2 Å². The Kier molecular flexibility index (Phi) is 13.6. The molecule has 2 rings (SSSR count). The largest absolute Gasteiger partial charge is 0.471 e. The number of sulfonamides is 1. The molecule has 0 radical (unpaired) electrons. The van der Waals surface area contributed by atoms with E-state index in [2.05, 4.69) is 10.6 Å². The van der Waals surface area contributed by atoms with Crippen molar-refractivity contribution in [2.75, 3.05) is 19.4 Å². The molecule has 4 N–H and O–H groups in total. The molecule has 15 heteroatoms. The van der Waals surface area contributed by atoms with Crippen LogP contribution in [0, 0.1) is 11.3 Å². The molecule has 0 spiro atoms.